The van der Waals surface area contributed by atoms with Gasteiger partial charge in [-0.05, 0) is 44.9 Å². The highest BCUT2D eigenvalue weighted by molar-refractivity contribution is 8.03. The number of nitrogens with one attached hydrogen (secondary N) is 2. The fourth-order valence-electron chi connectivity index (χ4n) is 4.33. The number of nitrogens with zero attached hydrogens (tertiary/aromatic N) is 1. The van der Waals surface area contributed by atoms with Crippen molar-refractivity contribution in [3.63, 3.8) is 0 Å². The minimum Gasteiger partial charge on any atom is -0.494 e. The van der Waals surface area contributed by atoms with Crippen LogP contribution in [0.1, 0.15) is 43.2 Å². The lowest BCUT2D eigenvalue weighted by atomic mass is 9.76. The van der Waals surface area contributed by atoms with E-state index in [4.69, 9.17) is 4.74 Å². The number of aryl methyl sites for hydroxylation is 1. The summed E-state index contributed by atoms with van der Waals surface area (Å²) in [6, 6.07) is 17.5. The zero-order valence-electron chi connectivity index (χ0n) is 19.3. The van der Waals surface area contributed by atoms with Crippen LogP contribution in [0.15, 0.2) is 70.4 Å². The van der Waals surface area contributed by atoms with Gasteiger partial charge in [-0.1, -0.05) is 47.7 Å². The number of dihydropyridines is 1. The Morgan fingerprint density at radius 1 is 1.21 bits per heavy atom. The highest BCUT2D eigenvalue weighted by atomic mass is 32.2. The molecular formula is C27H27N3O3S. The Balaban J connectivity index is 1.65. The molecule has 0 spiro atoms. The van der Waals surface area contributed by atoms with Crippen LogP contribution >= 0.6 is 11.8 Å². The predicted molar refractivity (Wildman–Crippen MR) is 134 cm³/mol. The molecule has 174 valence electrons. The highest BCUT2D eigenvalue weighted by Gasteiger charge is 2.38. The molecule has 34 heavy (non-hydrogen) atoms. The second kappa shape index (κ2) is 10.6. The number of hydrogen-bond acceptors (Lipinski definition) is 6. The van der Waals surface area contributed by atoms with Crippen molar-refractivity contribution in [3.8, 4) is 11.8 Å². The van der Waals surface area contributed by atoms with E-state index >= 15 is 0 Å². The highest BCUT2D eigenvalue weighted by Crippen LogP contribution is 2.46. The van der Waals surface area contributed by atoms with Crippen molar-refractivity contribution in [1.82, 2.24) is 5.32 Å². The molecule has 6 nitrogen and oxygen atoms in total. The molecule has 0 fully saturated rings. The summed E-state index contributed by atoms with van der Waals surface area (Å²) in [6.45, 7) is 4.38. The number of hydrogen-bond donors (Lipinski definition) is 2. The number of anilines is 1. The van der Waals surface area contributed by atoms with Crippen molar-refractivity contribution in [2.24, 2.45) is 0 Å². The van der Waals surface area contributed by atoms with Crippen LogP contribution in [0, 0.1) is 18.3 Å². The van der Waals surface area contributed by atoms with Crippen molar-refractivity contribution >= 4 is 29.1 Å². The third kappa shape index (κ3) is 5.02. The molecule has 0 radical (unpaired) electrons. The second-order valence-electron chi connectivity index (χ2n) is 8.26. The summed E-state index contributed by atoms with van der Waals surface area (Å²) >= 11 is 1.28. The predicted octanol–water partition coefficient (Wildman–Crippen LogP) is 5.19. The lowest BCUT2D eigenvalue weighted by molar-refractivity contribution is -0.116. The van der Waals surface area contributed by atoms with Gasteiger partial charge in [0.15, 0.2) is 5.78 Å². The normalized spacial score (nSPS) is 17.6. The maximum atomic E-state index is 13.0. The minimum absolute atomic E-state index is 0.0546. The van der Waals surface area contributed by atoms with Gasteiger partial charge < -0.3 is 15.4 Å². The van der Waals surface area contributed by atoms with Gasteiger partial charge in [0.05, 0.1) is 34.9 Å². The van der Waals surface area contributed by atoms with Crippen LogP contribution in [-0.2, 0) is 9.59 Å². The average molecular weight is 474 g/mol. The number of Topliss-reactive ketones (excluding diaryl/α,β-unsaturated/α-hetero) is 1. The van der Waals surface area contributed by atoms with E-state index in [0.717, 1.165) is 35.4 Å². The van der Waals surface area contributed by atoms with Crippen molar-refractivity contribution in [2.45, 2.75) is 39.0 Å². The molecule has 2 N–H and O–H groups in total. The first-order valence-electron chi connectivity index (χ1n) is 11.4. The van der Waals surface area contributed by atoms with Crippen LogP contribution in [0.2, 0.25) is 0 Å². The number of thioether (sulfide) groups is 1. The Morgan fingerprint density at radius 2 is 1.97 bits per heavy atom. The van der Waals surface area contributed by atoms with Crippen molar-refractivity contribution in [3.05, 3.63) is 81.5 Å². The van der Waals surface area contributed by atoms with Gasteiger partial charge in [-0.15, -0.1) is 0 Å². The van der Waals surface area contributed by atoms with Gasteiger partial charge in [-0.25, -0.2) is 0 Å². The Hall–Kier alpha value is -3.50. The molecular weight excluding hydrogens is 446 g/mol. The van der Waals surface area contributed by atoms with Crippen LogP contribution in [-0.4, -0.2) is 24.1 Å². The summed E-state index contributed by atoms with van der Waals surface area (Å²) < 4.78 is 5.85. The van der Waals surface area contributed by atoms with Gasteiger partial charge in [0.25, 0.3) is 0 Å². The smallest absolute Gasteiger partial charge is 0.234 e. The Morgan fingerprint density at radius 3 is 2.71 bits per heavy atom. The Bertz CT molecular complexity index is 1210. The zero-order chi connectivity index (χ0) is 24.1. The first kappa shape index (κ1) is 23.7. The van der Waals surface area contributed by atoms with Crippen LogP contribution in [0.4, 0.5) is 5.69 Å². The van der Waals surface area contributed by atoms with Crippen LogP contribution in [0.3, 0.4) is 0 Å². The molecule has 4 rings (SSSR count). The van der Waals surface area contributed by atoms with Gasteiger partial charge in [0.1, 0.15) is 5.75 Å². The first-order chi connectivity index (χ1) is 16.5. The van der Waals surface area contributed by atoms with E-state index in [1.54, 1.807) is 0 Å². The second-order valence-corrected chi connectivity index (χ2v) is 9.24. The third-order valence-corrected chi connectivity index (χ3v) is 6.89. The summed E-state index contributed by atoms with van der Waals surface area (Å²) in [4.78, 5) is 25.6. The molecule has 1 heterocycles. The number of para-hydroxylation sites is 1. The summed E-state index contributed by atoms with van der Waals surface area (Å²) in [5.74, 6) is 0.179. The van der Waals surface area contributed by atoms with Gasteiger partial charge in [0.2, 0.25) is 5.91 Å². The van der Waals surface area contributed by atoms with Gasteiger partial charge in [-0.2, -0.15) is 5.26 Å². The zero-order valence-corrected chi connectivity index (χ0v) is 20.1. The van der Waals surface area contributed by atoms with Crippen molar-refractivity contribution < 1.29 is 14.3 Å². The molecule has 0 saturated heterocycles. The number of carbonyl (C=O) groups is 2. The van der Waals surface area contributed by atoms with E-state index in [-0.39, 0.29) is 17.4 Å². The van der Waals surface area contributed by atoms with E-state index in [2.05, 4.69) is 16.7 Å². The largest absolute Gasteiger partial charge is 0.494 e. The molecule has 1 aliphatic heterocycles. The number of allylic oxidation sites excluding steroid dienone is 3. The fourth-order valence-corrected chi connectivity index (χ4v) is 5.19. The van der Waals surface area contributed by atoms with E-state index in [0.29, 0.717) is 35.0 Å². The van der Waals surface area contributed by atoms with Gasteiger partial charge >= 0.3 is 0 Å². The SMILES string of the molecule is CCOc1ccccc1C1C(C#N)=C(SCC(=O)Nc2ccc(C)cc2)NC2=C1C(=O)CCC2. The van der Waals surface area contributed by atoms with Crippen LogP contribution in [0.5, 0.6) is 5.75 Å². The van der Waals surface area contributed by atoms with Gasteiger partial charge in [0, 0.05) is 28.9 Å². The standard InChI is InChI=1S/C27H27N3O3S/c1-3-33-23-10-5-4-7-19(23)25-20(15-28)27(30-21-8-6-9-22(31)26(21)25)34-16-24(32)29-18-13-11-17(2)12-14-18/h4-5,7,10-14,25,30H,3,6,8-9,16H2,1-2H3,(H,29,32). The monoisotopic (exact) mass is 473 g/mol. The number of benzene rings is 2. The third-order valence-electron chi connectivity index (χ3n) is 5.88. The maximum Gasteiger partial charge on any atom is 0.234 e. The average Bonchev–Trinajstić information content (AvgIpc) is 2.84. The number of nitriles is 1. The van der Waals surface area contributed by atoms with Gasteiger partial charge in [-0.3, -0.25) is 9.59 Å². The Labute approximate surface area is 204 Å². The van der Waals surface area contributed by atoms with Crippen molar-refractivity contribution in [1.29, 1.82) is 5.26 Å². The number of carbonyl (C=O) groups excluding carboxylic acids is 2. The molecule has 0 aromatic heterocycles. The molecule has 2 aromatic carbocycles. The number of rotatable bonds is 7. The molecule has 1 atom stereocenters. The summed E-state index contributed by atoms with van der Waals surface area (Å²) in [5, 5.41) is 17.0. The molecule has 2 aromatic rings. The fraction of sp³-hybridized carbons (Fsp3) is 0.296. The summed E-state index contributed by atoms with van der Waals surface area (Å²) in [6.07, 6.45) is 1.96. The van der Waals surface area contributed by atoms with E-state index < -0.39 is 5.92 Å². The summed E-state index contributed by atoms with van der Waals surface area (Å²) in [7, 11) is 0. The molecule has 1 aliphatic carbocycles. The lowest BCUT2D eigenvalue weighted by Gasteiger charge is -2.33. The first-order valence-corrected chi connectivity index (χ1v) is 12.4. The molecule has 0 saturated carbocycles. The Kier molecular flexibility index (Phi) is 7.39. The summed E-state index contributed by atoms with van der Waals surface area (Å²) in [5.41, 5.74) is 4.57. The van der Waals surface area contributed by atoms with E-state index in [1.165, 1.54) is 11.8 Å². The number of ketones is 1. The molecule has 0 bridgehead atoms. The number of ether oxygens (including phenoxy) is 1. The topological polar surface area (TPSA) is 91.2 Å². The molecule has 1 amide bonds. The quantitative estimate of drug-likeness (QED) is 0.575. The molecule has 2 aliphatic rings. The maximum absolute atomic E-state index is 13.0. The lowest BCUT2D eigenvalue weighted by Crippen LogP contribution is -2.32. The van der Waals surface area contributed by atoms with Crippen molar-refractivity contribution in [2.75, 3.05) is 17.7 Å². The van der Waals surface area contributed by atoms with Crippen LogP contribution < -0.4 is 15.4 Å². The number of amides is 1. The van der Waals surface area contributed by atoms with Crippen LogP contribution in [0.25, 0.3) is 0 Å². The molecule has 7 heteroatoms. The van der Waals surface area contributed by atoms with E-state index in [1.807, 2.05) is 62.4 Å². The van der Waals surface area contributed by atoms with E-state index in [9.17, 15) is 14.9 Å². The molecule has 1 unspecified atom stereocenters. The minimum atomic E-state index is -0.514.